The lowest BCUT2D eigenvalue weighted by molar-refractivity contribution is -0.180. The van der Waals surface area contributed by atoms with E-state index in [2.05, 4.69) is 0 Å². The maximum absolute atomic E-state index is 11.9. The molecule has 116 valence electrons. The minimum absolute atomic E-state index is 0.179. The molecule has 0 aromatic rings. The Morgan fingerprint density at radius 3 is 2.50 bits per heavy atom. The molecule has 0 bridgehead atoms. The smallest absolute Gasteiger partial charge is 0.306 e. The van der Waals surface area contributed by atoms with Crippen LogP contribution in [0.4, 0.5) is 0 Å². The van der Waals surface area contributed by atoms with Crippen molar-refractivity contribution in [3.63, 3.8) is 0 Å². The Hall–Kier alpha value is -0.690. The second-order valence-electron chi connectivity index (χ2n) is 7.09. The Morgan fingerprint density at radius 2 is 1.90 bits per heavy atom. The molecule has 2 aliphatic rings. The fraction of sp³-hybridized carbons (Fsp3) is 0.929. The van der Waals surface area contributed by atoms with Gasteiger partial charge in [-0.15, -0.1) is 0 Å². The molecule has 6 nitrogen and oxygen atoms in total. The number of piperidine rings is 1. The highest BCUT2D eigenvalue weighted by atomic mass is 16.6. The van der Waals surface area contributed by atoms with E-state index in [0.717, 1.165) is 0 Å². The van der Waals surface area contributed by atoms with Crippen molar-refractivity contribution in [2.75, 3.05) is 13.1 Å². The van der Waals surface area contributed by atoms with Gasteiger partial charge >= 0.3 is 5.97 Å². The quantitative estimate of drug-likeness (QED) is 0.594. The van der Waals surface area contributed by atoms with Crippen LogP contribution in [0.1, 0.15) is 33.6 Å². The molecule has 2 saturated heterocycles. The summed E-state index contributed by atoms with van der Waals surface area (Å²) in [6.07, 6.45) is -2.77. The zero-order chi connectivity index (χ0) is 15.1. The average molecular weight is 287 g/mol. The number of hydrogen-bond donors (Lipinski definition) is 3. The molecule has 3 N–H and O–H groups in total. The van der Waals surface area contributed by atoms with Crippen LogP contribution < -0.4 is 0 Å². The summed E-state index contributed by atoms with van der Waals surface area (Å²) < 4.78 is 5.32. The van der Waals surface area contributed by atoms with Gasteiger partial charge < -0.3 is 20.1 Å². The second kappa shape index (κ2) is 5.60. The van der Waals surface area contributed by atoms with Crippen molar-refractivity contribution in [2.24, 2.45) is 5.41 Å². The Kier molecular flexibility index (Phi) is 4.39. The number of aliphatic hydroxyl groups is 3. The van der Waals surface area contributed by atoms with Crippen LogP contribution in [0, 0.1) is 5.41 Å². The molecule has 2 rings (SSSR count). The molecular formula is C14H25NO5. The lowest BCUT2D eigenvalue weighted by atomic mass is 9.91. The van der Waals surface area contributed by atoms with E-state index >= 15 is 0 Å². The monoisotopic (exact) mass is 287 g/mol. The van der Waals surface area contributed by atoms with E-state index in [-0.39, 0.29) is 17.8 Å². The minimum Gasteiger partial charge on any atom is -0.458 e. The molecule has 0 unspecified atom stereocenters. The third-order valence-electron chi connectivity index (χ3n) is 3.98. The maximum Gasteiger partial charge on any atom is 0.306 e. The summed E-state index contributed by atoms with van der Waals surface area (Å²) in [7, 11) is 0. The first-order valence-electron chi connectivity index (χ1n) is 7.17. The van der Waals surface area contributed by atoms with E-state index in [1.54, 1.807) is 0 Å². The van der Waals surface area contributed by atoms with Gasteiger partial charge in [-0.05, 0) is 11.8 Å². The first-order chi connectivity index (χ1) is 9.19. The van der Waals surface area contributed by atoms with E-state index in [9.17, 15) is 20.1 Å². The number of rotatable bonds is 2. The van der Waals surface area contributed by atoms with E-state index in [4.69, 9.17) is 4.74 Å². The van der Waals surface area contributed by atoms with Gasteiger partial charge in [0.2, 0.25) is 0 Å². The van der Waals surface area contributed by atoms with Crippen LogP contribution in [0.25, 0.3) is 0 Å². The van der Waals surface area contributed by atoms with E-state index in [0.29, 0.717) is 19.5 Å². The fourth-order valence-corrected chi connectivity index (χ4v) is 3.03. The predicted octanol–water partition coefficient (Wildman–Crippen LogP) is -0.495. The summed E-state index contributed by atoms with van der Waals surface area (Å²) in [5, 5.41) is 30.0. The second-order valence-corrected chi connectivity index (χ2v) is 7.09. The third-order valence-corrected chi connectivity index (χ3v) is 3.98. The van der Waals surface area contributed by atoms with E-state index in [1.807, 2.05) is 25.7 Å². The summed E-state index contributed by atoms with van der Waals surface area (Å²) in [6.45, 7) is 6.81. The first kappa shape index (κ1) is 15.7. The molecule has 0 amide bonds. The zero-order valence-electron chi connectivity index (χ0n) is 12.3. The molecule has 0 aromatic heterocycles. The molecule has 20 heavy (non-hydrogen) atoms. The summed E-state index contributed by atoms with van der Waals surface area (Å²) in [6, 6.07) is -0.456. The number of aliphatic hydroxyl groups excluding tert-OH is 3. The van der Waals surface area contributed by atoms with Crippen molar-refractivity contribution < 1.29 is 24.9 Å². The Labute approximate surface area is 119 Å². The topological polar surface area (TPSA) is 90.2 Å². The van der Waals surface area contributed by atoms with Gasteiger partial charge in [0, 0.05) is 13.1 Å². The number of carbonyl (C=O) groups is 1. The van der Waals surface area contributed by atoms with Crippen molar-refractivity contribution in [1.29, 1.82) is 0 Å². The minimum atomic E-state index is -1.15. The third kappa shape index (κ3) is 3.31. The molecule has 6 heteroatoms. The van der Waals surface area contributed by atoms with Crippen LogP contribution in [0.15, 0.2) is 0 Å². The van der Waals surface area contributed by atoms with Crippen molar-refractivity contribution in [1.82, 2.24) is 4.90 Å². The average Bonchev–Trinajstić information content (AvgIpc) is 2.64. The molecule has 0 aromatic carbocycles. The van der Waals surface area contributed by atoms with Gasteiger partial charge in [-0.1, -0.05) is 20.8 Å². The Bertz CT molecular complexity index is 367. The molecule has 2 fully saturated rings. The molecule has 0 radical (unpaired) electrons. The van der Waals surface area contributed by atoms with Gasteiger partial charge in [-0.3, -0.25) is 9.69 Å². The molecule has 5 atom stereocenters. The summed E-state index contributed by atoms with van der Waals surface area (Å²) >= 11 is 0. The highest BCUT2D eigenvalue weighted by Crippen LogP contribution is 2.30. The van der Waals surface area contributed by atoms with Crippen LogP contribution >= 0.6 is 0 Å². The van der Waals surface area contributed by atoms with Crippen molar-refractivity contribution in [2.45, 2.75) is 64.1 Å². The number of hydrogen-bond acceptors (Lipinski definition) is 6. The van der Waals surface area contributed by atoms with Crippen LogP contribution in [-0.4, -0.2) is 69.7 Å². The predicted molar refractivity (Wildman–Crippen MR) is 72.0 cm³/mol. The first-order valence-corrected chi connectivity index (χ1v) is 7.17. The SMILES string of the molecule is CC(C)(C)CC(=O)O[C@H]1CN2CC[C@H](O)[C@@H]2[C@@H](O)[C@@H]1O. The zero-order valence-corrected chi connectivity index (χ0v) is 12.3. The highest BCUT2D eigenvalue weighted by molar-refractivity contribution is 5.70. The van der Waals surface area contributed by atoms with Crippen LogP contribution in [0.3, 0.4) is 0 Å². The molecule has 0 saturated carbocycles. The standard InChI is InChI=1S/C14H25NO5/c1-14(2,3)6-10(17)20-9-7-15-5-4-8(16)11(15)13(19)12(9)18/h8-9,11-13,16,18-19H,4-7H2,1-3H3/t8-,9-,11+,12+,13+/m0/s1. The molecule has 2 heterocycles. The Balaban J connectivity index is 1.98. The van der Waals surface area contributed by atoms with Gasteiger partial charge in [-0.25, -0.2) is 0 Å². The normalized spacial score (nSPS) is 38.6. The van der Waals surface area contributed by atoms with Crippen molar-refractivity contribution in [3.05, 3.63) is 0 Å². The van der Waals surface area contributed by atoms with Gasteiger partial charge in [0.25, 0.3) is 0 Å². The van der Waals surface area contributed by atoms with Crippen LogP contribution in [0.5, 0.6) is 0 Å². The largest absolute Gasteiger partial charge is 0.458 e. The summed E-state index contributed by atoms with van der Waals surface area (Å²) in [5.74, 6) is -0.369. The van der Waals surface area contributed by atoms with Crippen LogP contribution in [0.2, 0.25) is 0 Å². The number of ether oxygens (including phenoxy) is 1. The lowest BCUT2D eigenvalue weighted by Gasteiger charge is -2.42. The van der Waals surface area contributed by atoms with Gasteiger partial charge in [-0.2, -0.15) is 0 Å². The van der Waals surface area contributed by atoms with Crippen LogP contribution in [-0.2, 0) is 9.53 Å². The molecular weight excluding hydrogens is 262 g/mol. The number of fused-ring (bicyclic) bond motifs is 1. The lowest BCUT2D eigenvalue weighted by Crippen LogP contribution is -2.62. The summed E-state index contributed by atoms with van der Waals surface area (Å²) in [4.78, 5) is 13.7. The van der Waals surface area contributed by atoms with E-state index < -0.39 is 30.5 Å². The highest BCUT2D eigenvalue weighted by Gasteiger charge is 2.49. The maximum atomic E-state index is 11.9. The number of carbonyl (C=O) groups excluding carboxylic acids is 1. The van der Waals surface area contributed by atoms with Crippen molar-refractivity contribution in [3.8, 4) is 0 Å². The van der Waals surface area contributed by atoms with Gasteiger partial charge in [0.15, 0.2) is 0 Å². The molecule has 0 spiro atoms. The van der Waals surface area contributed by atoms with E-state index in [1.165, 1.54) is 0 Å². The molecule has 2 aliphatic heterocycles. The Morgan fingerprint density at radius 1 is 1.25 bits per heavy atom. The number of esters is 1. The van der Waals surface area contributed by atoms with Gasteiger partial charge in [0.05, 0.1) is 18.6 Å². The number of nitrogens with zero attached hydrogens (tertiary/aromatic N) is 1. The summed E-state index contributed by atoms with van der Waals surface area (Å²) in [5.41, 5.74) is -0.179. The fourth-order valence-electron chi connectivity index (χ4n) is 3.03. The molecule has 0 aliphatic carbocycles. The van der Waals surface area contributed by atoms with Crippen molar-refractivity contribution >= 4 is 5.97 Å². The van der Waals surface area contributed by atoms with Gasteiger partial charge in [0.1, 0.15) is 18.3 Å².